The van der Waals surface area contributed by atoms with Crippen LogP contribution in [-0.2, 0) is 4.79 Å². The van der Waals surface area contributed by atoms with Gasteiger partial charge in [-0.2, -0.15) is 0 Å². The summed E-state index contributed by atoms with van der Waals surface area (Å²) in [4.78, 5) is 23.0. The van der Waals surface area contributed by atoms with Crippen molar-refractivity contribution < 1.29 is 14.7 Å². The van der Waals surface area contributed by atoms with Crippen LogP contribution < -0.4 is 10.6 Å². The van der Waals surface area contributed by atoms with E-state index in [2.05, 4.69) is 26.6 Å². The third-order valence-corrected chi connectivity index (χ3v) is 4.36. The zero-order valence-corrected chi connectivity index (χ0v) is 13.5. The second-order valence-electron chi connectivity index (χ2n) is 4.40. The summed E-state index contributed by atoms with van der Waals surface area (Å²) in [6, 6.07) is 3.51. The van der Waals surface area contributed by atoms with Crippen LogP contribution in [0.15, 0.2) is 22.7 Å². The van der Waals surface area contributed by atoms with Crippen molar-refractivity contribution in [2.24, 2.45) is 5.92 Å². The van der Waals surface area contributed by atoms with Gasteiger partial charge in [0.2, 0.25) is 0 Å². The van der Waals surface area contributed by atoms with Gasteiger partial charge in [-0.1, -0.05) is 37.9 Å². The first-order valence-electron chi connectivity index (χ1n) is 6.11. The van der Waals surface area contributed by atoms with Crippen LogP contribution in [0.1, 0.15) is 20.3 Å². The number of carboxylic acids is 1. The van der Waals surface area contributed by atoms with E-state index >= 15 is 0 Å². The van der Waals surface area contributed by atoms with Gasteiger partial charge in [0.1, 0.15) is 6.04 Å². The Morgan fingerprint density at radius 3 is 2.65 bits per heavy atom. The van der Waals surface area contributed by atoms with Gasteiger partial charge in [0.15, 0.2) is 0 Å². The zero-order chi connectivity index (χ0) is 15.3. The van der Waals surface area contributed by atoms with E-state index in [1.54, 1.807) is 25.1 Å². The number of rotatable bonds is 5. The number of carbonyl (C=O) groups excluding carboxylic acids is 1. The first-order valence-corrected chi connectivity index (χ1v) is 7.28. The number of benzene rings is 1. The number of hydrogen-bond donors (Lipinski definition) is 3. The summed E-state index contributed by atoms with van der Waals surface area (Å²) in [6.07, 6.45) is 0.651. The molecule has 2 atom stereocenters. The van der Waals surface area contributed by atoms with Gasteiger partial charge < -0.3 is 15.7 Å². The average molecular weight is 364 g/mol. The van der Waals surface area contributed by atoms with Crippen LogP contribution in [0.25, 0.3) is 0 Å². The van der Waals surface area contributed by atoms with Gasteiger partial charge in [0.05, 0.1) is 15.2 Å². The van der Waals surface area contributed by atoms with Crippen molar-refractivity contribution in [1.29, 1.82) is 0 Å². The van der Waals surface area contributed by atoms with Crippen LogP contribution in [0.5, 0.6) is 0 Å². The van der Waals surface area contributed by atoms with Gasteiger partial charge in [-0.3, -0.25) is 0 Å². The molecular weight excluding hydrogens is 348 g/mol. The van der Waals surface area contributed by atoms with E-state index < -0.39 is 18.0 Å². The Balaban J connectivity index is 2.76. The van der Waals surface area contributed by atoms with Gasteiger partial charge >= 0.3 is 12.0 Å². The molecule has 0 aliphatic heterocycles. The molecule has 0 aromatic heterocycles. The molecular formula is C13H16BrClN2O3. The maximum Gasteiger partial charge on any atom is 0.326 e. The van der Waals surface area contributed by atoms with Crippen molar-refractivity contribution in [3.05, 3.63) is 27.7 Å². The zero-order valence-electron chi connectivity index (χ0n) is 11.1. The molecule has 0 aliphatic rings. The lowest BCUT2D eigenvalue weighted by Gasteiger charge is -2.20. The summed E-state index contributed by atoms with van der Waals surface area (Å²) in [5, 5.41) is 14.6. The molecule has 3 N–H and O–H groups in total. The molecule has 1 rings (SSSR count). The molecule has 0 aliphatic carbocycles. The molecule has 20 heavy (non-hydrogen) atoms. The number of halogens is 2. The normalized spacial score (nSPS) is 13.4. The van der Waals surface area contributed by atoms with E-state index in [1.807, 2.05) is 6.92 Å². The minimum absolute atomic E-state index is 0.166. The quantitative estimate of drug-likeness (QED) is 0.746. The predicted octanol–water partition coefficient (Wildman–Crippen LogP) is 3.72. The number of anilines is 1. The molecule has 1 aromatic carbocycles. The fraction of sp³-hybridized carbons (Fsp3) is 0.385. The lowest BCUT2D eigenvalue weighted by molar-refractivity contribution is -0.140. The number of carbonyl (C=O) groups is 2. The van der Waals surface area contributed by atoms with E-state index in [1.165, 1.54) is 0 Å². The molecule has 110 valence electrons. The highest BCUT2D eigenvalue weighted by Crippen LogP contribution is 2.29. The Morgan fingerprint density at radius 2 is 2.10 bits per heavy atom. The van der Waals surface area contributed by atoms with Crippen molar-refractivity contribution >= 4 is 45.2 Å². The molecule has 0 saturated carbocycles. The van der Waals surface area contributed by atoms with Gasteiger partial charge in [-0.15, -0.1) is 0 Å². The molecule has 2 amide bonds. The Labute approximate surface area is 130 Å². The minimum atomic E-state index is -1.06. The number of hydrogen-bond acceptors (Lipinski definition) is 2. The molecule has 2 unspecified atom stereocenters. The lowest BCUT2D eigenvalue weighted by Crippen LogP contribution is -2.46. The van der Waals surface area contributed by atoms with E-state index in [-0.39, 0.29) is 5.92 Å². The Bertz CT molecular complexity index is 510. The number of nitrogens with one attached hydrogen (secondary N) is 2. The molecule has 0 bridgehead atoms. The van der Waals surface area contributed by atoms with Crippen LogP contribution in [-0.4, -0.2) is 23.1 Å². The van der Waals surface area contributed by atoms with E-state index in [0.29, 0.717) is 21.6 Å². The molecule has 7 heteroatoms. The average Bonchev–Trinajstić information content (AvgIpc) is 2.40. The summed E-state index contributed by atoms with van der Waals surface area (Å²) in [5.41, 5.74) is 0.475. The Kier molecular flexibility index (Phi) is 6.29. The van der Waals surface area contributed by atoms with E-state index in [0.717, 1.165) is 0 Å². The number of aliphatic carboxylic acids is 1. The predicted molar refractivity (Wildman–Crippen MR) is 82.2 cm³/mol. The third kappa shape index (κ3) is 4.38. The largest absolute Gasteiger partial charge is 0.480 e. The Morgan fingerprint density at radius 1 is 1.45 bits per heavy atom. The molecule has 5 nitrogen and oxygen atoms in total. The lowest BCUT2D eigenvalue weighted by atomic mass is 9.99. The van der Waals surface area contributed by atoms with Crippen molar-refractivity contribution in [1.82, 2.24) is 5.32 Å². The molecule has 0 radical (unpaired) electrons. The summed E-state index contributed by atoms with van der Waals surface area (Å²) in [5.74, 6) is -1.22. The van der Waals surface area contributed by atoms with E-state index in [9.17, 15) is 9.59 Å². The van der Waals surface area contributed by atoms with Crippen molar-refractivity contribution in [2.45, 2.75) is 26.3 Å². The van der Waals surface area contributed by atoms with Gasteiger partial charge in [-0.05, 0) is 34.0 Å². The smallest absolute Gasteiger partial charge is 0.326 e. The standard InChI is InChI=1S/C13H16BrClN2O3/c1-3-7(2)11(12(18)19)17-13(20)16-9-6-4-5-8(15)10(9)14/h4-7,11H,3H2,1-2H3,(H,18,19)(H2,16,17,20). The molecule has 0 spiro atoms. The maximum absolute atomic E-state index is 11.9. The highest BCUT2D eigenvalue weighted by Gasteiger charge is 2.25. The SMILES string of the molecule is CCC(C)C(NC(=O)Nc1cccc(Cl)c1Br)C(=O)O. The fourth-order valence-corrected chi connectivity index (χ4v) is 2.12. The monoisotopic (exact) mass is 362 g/mol. The molecule has 0 fully saturated rings. The topological polar surface area (TPSA) is 78.4 Å². The van der Waals surface area contributed by atoms with Crippen LogP contribution in [0.3, 0.4) is 0 Å². The number of carboxylic acid groups (broad SMARTS) is 1. The Hall–Kier alpha value is -1.27. The van der Waals surface area contributed by atoms with Crippen molar-refractivity contribution in [3.8, 4) is 0 Å². The molecule has 1 aromatic rings. The minimum Gasteiger partial charge on any atom is -0.480 e. The summed E-state index contributed by atoms with van der Waals surface area (Å²) in [6.45, 7) is 3.64. The molecule has 0 heterocycles. The first-order chi connectivity index (χ1) is 9.36. The third-order valence-electron chi connectivity index (χ3n) is 2.97. The van der Waals surface area contributed by atoms with Gasteiger partial charge in [0.25, 0.3) is 0 Å². The summed E-state index contributed by atoms with van der Waals surface area (Å²) >= 11 is 9.17. The van der Waals surface area contributed by atoms with Crippen LogP contribution in [0, 0.1) is 5.92 Å². The maximum atomic E-state index is 11.9. The summed E-state index contributed by atoms with van der Waals surface area (Å²) < 4.78 is 0.548. The van der Waals surface area contributed by atoms with Crippen LogP contribution in [0.4, 0.5) is 10.5 Å². The second kappa shape index (κ2) is 7.50. The first kappa shape index (κ1) is 16.8. The van der Waals surface area contributed by atoms with Crippen molar-refractivity contribution in [2.75, 3.05) is 5.32 Å². The number of amides is 2. The highest BCUT2D eigenvalue weighted by atomic mass is 79.9. The number of urea groups is 1. The van der Waals surface area contributed by atoms with E-state index in [4.69, 9.17) is 16.7 Å². The van der Waals surface area contributed by atoms with Gasteiger partial charge in [0, 0.05) is 0 Å². The fourth-order valence-electron chi connectivity index (χ4n) is 1.58. The van der Waals surface area contributed by atoms with Crippen molar-refractivity contribution in [3.63, 3.8) is 0 Å². The highest BCUT2D eigenvalue weighted by molar-refractivity contribution is 9.10. The van der Waals surface area contributed by atoms with Crippen LogP contribution >= 0.6 is 27.5 Å². The van der Waals surface area contributed by atoms with Crippen LogP contribution in [0.2, 0.25) is 5.02 Å². The second-order valence-corrected chi connectivity index (χ2v) is 5.60. The van der Waals surface area contributed by atoms with Gasteiger partial charge in [-0.25, -0.2) is 9.59 Å². The molecule has 0 saturated heterocycles. The summed E-state index contributed by atoms with van der Waals surface area (Å²) in [7, 11) is 0.